The van der Waals surface area contributed by atoms with Crippen molar-refractivity contribution in [1.29, 1.82) is 0 Å². The smallest absolute Gasteiger partial charge is 1.00 e. The monoisotopic (exact) mass is 578 g/mol. The minimum absolute atomic E-state index is 0. The molecule has 0 amide bonds. The minimum Gasteiger partial charge on any atom is -1.00 e. The first kappa shape index (κ1) is 28.1. The van der Waals surface area contributed by atoms with Crippen molar-refractivity contribution < 1.29 is 46.1 Å². The molecule has 0 saturated heterocycles. The van der Waals surface area contributed by atoms with E-state index in [1.54, 1.807) is 28.8 Å². The summed E-state index contributed by atoms with van der Waals surface area (Å²) in [5.41, 5.74) is 10.8. The van der Waals surface area contributed by atoms with Gasteiger partial charge in [0.2, 0.25) is 0 Å². The molecule has 0 nitrogen and oxygen atoms in total. The summed E-state index contributed by atoms with van der Waals surface area (Å²) in [6.07, 6.45) is 2.58. The summed E-state index contributed by atoms with van der Waals surface area (Å²) in [6.45, 7) is 14.4. The van der Waals surface area contributed by atoms with Crippen LogP contribution in [0.3, 0.4) is 0 Å². The van der Waals surface area contributed by atoms with Gasteiger partial charge in [0.25, 0.3) is 0 Å². The van der Waals surface area contributed by atoms with Crippen molar-refractivity contribution in [2.75, 3.05) is 0 Å². The molecule has 0 aliphatic heterocycles. The van der Waals surface area contributed by atoms with Gasteiger partial charge in [-0.2, -0.15) is 0 Å². The maximum Gasteiger partial charge on any atom is -1.00 e. The van der Waals surface area contributed by atoms with Gasteiger partial charge < -0.3 is 24.8 Å². The Morgan fingerprint density at radius 1 is 0.743 bits per heavy atom. The van der Waals surface area contributed by atoms with E-state index in [0.29, 0.717) is 9.54 Å². The van der Waals surface area contributed by atoms with Crippen molar-refractivity contribution in [2.24, 2.45) is 11.3 Å². The molecule has 5 rings (SSSR count). The summed E-state index contributed by atoms with van der Waals surface area (Å²) in [5.74, 6) is 0.521. The van der Waals surface area contributed by atoms with Crippen LogP contribution in [0.1, 0.15) is 61.9 Å². The topological polar surface area (TPSA) is 0 Å². The predicted molar refractivity (Wildman–Crippen MR) is 139 cm³/mol. The molecular formula is C32H34Cl2Zr. The molecule has 35 heavy (non-hydrogen) atoms. The largest absolute Gasteiger partial charge is 1.00 e. The van der Waals surface area contributed by atoms with E-state index in [0.717, 1.165) is 0 Å². The molecule has 0 spiro atoms. The minimum atomic E-state index is -2.42. The third-order valence-electron chi connectivity index (χ3n) is 7.51. The second-order valence-electron chi connectivity index (χ2n) is 10.7. The third kappa shape index (κ3) is 4.90. The summed E-state index contributed by atoms with van der Waals surface area (Å²) >= 11 is -2.42. The number of allylic oxidation sites excluding steroid dienone is 4. The average molecular weight is 581 g/mol. The fraction of sp³-hybridized carbons (Fsp3) is 0.281. The average Bonchev–Trinajstić information content (AvgIpc) is 3.30. The Hall–Kier alpha value is -1.53. The Morgan fingerprint density at radius 3 is 1.71 bits per heavy atom. The molecule has 2 aliphatic rings. The zero-order valence-corrected chi connectivity index (χ0v) is 25.5. The van der Waals surface area contributed by atoms with Gasteiger partial charge in [-0.3, -0.25) is 0 Å². The van der Waals surface area contributed by atoms with Crippen molar-refractivity contribution >= 4 is 3.21 Å². The van der Waals surface area contributed by atoms with Gasteiger partial charge in [0.05, 0.1) is 0 Å². The molecule has 1 unspecified atom stereocenters. The van der Waals surface area contributed by atoms with Crippen LogP contribution in [-0.2, 0) is 21.3 Å². The molecule has 3 aromatic rings. The van der Waals surface area contributed by atoms with Crippen LogP contribution < -0.4 is 24.8 Å². The van der Waals surface area contributed by atoms with Crippen LogP contribution >= 0.6 is 0 Å². The van der Waals surface area contributed by atoms with Gasteiger partial charge in [0, 0.05) is 0 Å². The Labute approximate surface area is 231 Å². The molecule has 0 bridgehead atoms. The van der Waals surface area contributed by atoms with E-state index >= 15 is 0 Å². The third-order valence-corrected chi connectivity index (χ3v) is 16.6. The van der Waals surface area contributed by atoms with E-state index in [9.17, 15) is 0 Å². The predicted octanol–water partition coefficient (Wildman–Crippen LogP) is 2.52. The Morgan fingerprint density at radius 2 is 1.23 bits per heavy atom. The van der Waals surface area contributed by atoms with Crippen molar-refractivity contribution in [3.63, 3.8) is 0 Å². The molecule has 2 aliphatic carbocycles. The zero-order valence-electron chi connectivity index (χ0n) is 21.5. The van der Waals surface area contributed by atoms with Gasteiger partial charge in [-0.1, -0.05) is 0 Å². The number of halogens is 2. The zero-order chi connectivity index (χ0) is 23.3. The number of rotatable bonds is 3. The number of benzene rings is 3. The summed E-state index contributed by atoms with van der Waals surface area (Å²) in [7, 11) is 0. The van der Waals surface area contributed by atoms with Crippen LogP contribution in [0.4, 0.5) is 0 Å². The van der Waals surface area contributed by atoms with Gasteiger partial charge in [-0.15, -0.1) is 0 Å². The van der Waals surface area contributed by atoms with Gasteiger partial charge in [-0.05, 0) is 0 Å². The first-order valence-electron chi connectivity index (χ1n) is 12.2. The van der Waals surface area contributed by atoms with E-state index < -0.39 is 21.3 Å². The van der Waals surface area contributed by atoms with E-state index in [2.05, 4.69) is 126 Å². The van der Waals surface area contributed by atoms with E-state index in [-0.39, 0.29) is 30.2 Å². The van der Waals surface area contributed by atoms with Crippen LogP contribution in [0.25, 0.3) is 11.1 Å². The molecular weight excluding hydrogens is 546 g/mol. The first-order chi connectivity index (χ1) is 15.8. The molecule has 180 valence electrons. The van der Waals surface area contributed by atoms with Gasteiger partial charge >= 0.3 is 208 Å². The Kier molecular flexibility index (Phi) is 8.69. The van der Waals surface area contributed by atoms with Crippen LogP contribution in [-0.4, -0.2) is 3.21 Å². The van der Waals surface area contributed by atoms with Crippen LogP contribution in [0, 0.1) is 11.3 Å². The standard InChI is InChI=1S/C13H9.C11H17.C8H8.2ClH.Zr/c1-3-7-12-10(5-1)9-11-6-2-4-8-13(11)12;1-8-6-9(2)10(7-8)11(3,4)5;1-2-8-6-4-3-5-7-8;;;/h1-9H;7-8H,1-5H3;3-7H,1H3;2*1H;/q;;;;;+2/p-2. The summed E-state index contributed by atoms with van der Waals surface area (Å²) < 4.78 is 3.99. The number of hydrogen-bond acceptors (Lipinski definition) is 0. The first-order valence-corrected chi connectivity index (χ1v) is 16.0. The van der Waals surface area contributed by atoms with E-state index in [1.807, 2.05) is 0 Å². The summed E-state index contributed by atoms with van der Waals surface area (Å²) in [6, 6.07) is 29.6. The van der Waals surface area contributed by atoms with Crippen molar-refractivity contribution in [2.45, 2.75) is 45.2 Å². The Bertz CT molecular complexity index is 1280. The van der Waals surface area contributed by atoms with Crippen LogP contribution in [0.5, 0.6) is 0 Å². The molecule has 0 aromatic heterocycles. The van der Waals surface area contributed by atoms with Crippen LogP contribution in [0.15, 0.2) is 99.4 Å². The molecule has 1 atom stereocenters. The molecule has 0 heterocycles. The summed E-state index contributed by atoms with van der Waals surface area (Å²) in [4.78, 5) is 0. The van der Waals surface area contributed by atoms with Gasteiger partial charge in [-0.25, -0.2) is 0 Å². The molecule has 0 fully saturated rings. The second kappa shape index (κ2) is 10.8. The SMILES string of the molecule is CC1=[C](/[Zr+2](=[C](\C)c2ccccc2)[CH]2c3ccccc3-c3ccccc32)C(C)C=C1C(C)(C)C.[Cl-].[Cl-]. The normalized spacial score (nSPS) is 17.1. The number of fused-ring (bicyclic) bond motifs is 3. The fourth-order valence-corrected chi connectivity index (χ4v) is 15.6. The fourth-order valence-electron chi connectivity index (χ4n) is 6.09. The van der Waals surface area contributed by atoms with Crippen molar-refractivity contribution in [3.05, 3.63) is 116 Å². The summed E-state index contributed by atoms with van der Waals surface area (Å²) in [5, 5.41) is 0. The van der Waals surface area contributed by atoms with Crippen molar-refractivity contribution in [3.8, 4) is 11.1 Å². The maximum atomic E-state index is 2.58. The molecule has 3 heteroatoms. The number of hydrogen-bond donors (Lipinski definition) is 0. The molecule has 3 aromatic carbocycles. The molecule has 0 radical (unpaired) electrons. The molecule has 0 saturated carbocycles. The van der Waals surface area contributed by atoms with Gasteiger partial charge in [0.15, 0.2) is 0 Å². The van der Waals surface area contributed by atoms with Crippen LogP contribution in [0.2, 0.25) is 0 Å². The molecule has 0 N–H and O–H groups in total. The van der Waals surface area contributed by atoms with Gasteiger partial charge in [0.1, 0.15) is 0 Å². The van der Waals surface area contributed by atoms with E-state index in [1.165, 1.54) is 16.7 Å². The maximum absolute atomic E-state index is 2.58. The second-order valence-corrected chi connectivity index (χ2v) is 17.3. The quantitative estimate of drug-likeness (QED) is 0.447. The van der Waals surface area contributed by atoms with Crippen molar-refractivity contribution in [1.82, 2.24) is 0 Å². The van der Waals surface area contributed by atoms with E-state index in [4.69, 9.17) is 0 Å². The Balaban J connectivity index is 0.00000171.